The highest BCUT2D eigenvalue weighted by atomic mass is 31.2. The van der Waals surface area contributed by atoms with Gasteiger partial charge in [0.2, 0.25) is 0 Å². The summed E-state index contributed by atoms with van der Waals surface area (Å²) < 4.78 is 44.4. The van der Waals surface area contributed by atoms with Crippen LogP contribution < -0.4 is 11.2 Å². The second-order valence-electron chi connectivity index (χ2n) is 7.06. The Bertz CT molecular complexity index is 858. The van der Waals surface area contributed by atoms with Crippen LogP contribution in [0.5, 0.6) is 0 Å². The average molecular weight is 404 g/mol. The van der Waals surface area contributed by atoms with Gasteiger partial charge in [0.15, 0.2) is 6.23 Å². The van der Waals surface area contributed by atoms with Crippen LogP contribution in [0.15, 0.2) is 27.4 Å². The fourth-order valence-corrected chi connectivity index (χ4v) is 3.71. The van der Waals surface area contributed by atoms with E-state index >= 15 is 0 Å². The van der Waals surface area contributed by atoms with Crippen molar-refractivity contribution in [1.29, 1.82) is 0 Å². The van der Waals surface area contributed by atoms with E-state index in [1.807, 2.05) is 0 Å². The molecule has 1 aliphatic rings. The molecule has 1 aromatic rings. The molecule has 10 heteroatoms. The topological polar surface area (TPSA) is 99.6 Å². The lowest BCUT2D eigenvalue weighted by atomic mass is 9.99. The van der Waals surface area contributed by atoms with Gasteiger partial charge in [-0.1, -0.05) is 6.92 Å². The van der Waals surface area contributed by atoms with E-state index in [9.17, 15) is 18.5 Å². The number of rotatable bonds is 7. The number of ether oxygens (including phenoxy) is 3. The Morgan fingerprint density at radius 3 is 2.67 bits per heavy atom. The Labute approximate surface area is 156 Å². The summed E-state index contributed by atoms with van der Waals surface area (Å²) >= 11 is 0. The van der Waals surface area contributed by atoms with Crippen molar-refractivity contribution in [3.05, 3.63) is 44.2 Å². The van der Waals surface area contributed by atoms with Crippen molar-refractivity contribution < 1.29 is 23.2 Å². The van der Waals surface area contributed by atoms with Gasteiger partial charge in [-0.2, -0.15) is 0 Å². The first kappa shape index (κ1) is 21.8. The number of halogens is 1. The molecule has 0 unspecified atom stereocenters. The highest BCUT2D eigenvalue weighted by Gasteiger charge is 2.46. The number of aryl methyl sites for hydroxylation is 1. The monoisotopic (exact) mass is 404 g/mol. The normalized spacial score (nSPS) is 26.5. The predicted molar refractivity (Wildman–Crippen MR) is 99.4 cm³/mol. The van der Waals surface area contributed by atoms with Gasteiger partial charge in [0.1, 0.15) is 25.2 Å². The highest BCUT2D eigenvalue weighted by molar-refractivity contribution is 7.65. The molecule has 1 aromatic heterocycles. The standard InChI is InChI=1S/C17H26FN2O6P/c1-10-8-20(17(22)19-15(10)21)16-14(25-7-6-24-3)11(2)13(26-16)12(18)9-27(4,5)23/h8-9,11,13-14,16H,6-7H2,1-5H3,(H,19,21,22)/b12-9-/t11-,13+,14-,16-/m1/s1. The Balaban J connectivity index is 2.42. The Morgan fingerprint density at radius 2 is 2.07 bits per heavy atom. The van der Waals surface area contributed by atoms with Gasteiger partial charge in [-0.15, -0.1) is 0 Å². The number of hydrogen-bond donors (Lipinski definition) is 1. The molecule has 2 rings (SSSR count). The molecule has 1 saturated heterocycles. The Morgan fingerprint density at radius 1 is 1.41 bits per heavy atom. The largest absolute Gasteiger partial charge is 0.382 e. The zero-order valence-corrected chi connectivity index (χ0v) is 17.0. The van der Waals surface area contributed by atoms with E-state index in [1.165, 1.54) is 31.2 Å². The highest BCUT2D eigenvalue weighted by Crippen LogP contribution is 2.44. The van der Waals surface area contributed by atoms with E-state index in [-0.39, 0.29) is 6.61 Å². The van der Waals surface area contributed by atoms with Crippen LogP contribution in [0.3, 0.4) is 0 Å². The summed E-state index contributed by atoms with van der Waals surface area (Å²) in [6, 6.07) is 0. The molecule has 0 spiro atoms. The molecule has 0 amide bonds. The second-order valence-corrected chi connectivity index (χ2v) is 10.2. The third-order valence-electron chi connectivity index (χ3n) is 4.29. The maximum atomic E-state index is 14.7. The molecule has 1 fully saturated rings. The Hall–Kier alpha value is -1.54. The minimum absolute atomic E-state index is 0.223. The average Bonchev–Trinajstić information content (AvgIpc) is 2.87. The first-order valence-corrected chi connectivity index (χ1v) is 11.2. The van der Waals surface area contributed by atoms with Crippen molar-refractivity contribution >= 4 is 7.14 Å². The summed E-state index contributed by atoms with van der Waals surface area (Å²) in [7, 11) is -1.23. The van der Waals surface area contributed by atoms with Crippen molar-refractivity contribution in [3.8, 4) is 0 Å². The number of aromatic amines is 1. The molecule has 0 saturated carbocycles. The van der Waals surface area contributed by atoms with E-state index < -0.39 is 48.6 Å². The maximum Gasteiger partial charge on any atom is 0.330 e. The number of aromatic nitrogens is 2. The van der Waals surface area contributed by atoms with Gasteiger partial charge in [0.05, 0.1) is 13.2 Å². The summed E-state index contributed by atoms with van der Waals surface area (Å²) in [5.74, 6) is -0.0504. The lowest BCUT2D eigenvalue weighted by molar-refractivity contribution is -0.0723. The quantitative estimate of drug-likeness (QED) is 0.550. The lowest BCUT2D eigenvalue weighted by Gasteiger charge is -2.23. The van der Waals surface area contributed by atoms with E-state index in [2.05, 4.69) is 4.98 Å². The van der Waals surface area contributed by atoms with Crippen LogP contribution in [0.2, 0.25) is 0 Å². The van der Waals surface area contributed by atoms with Gasteiger partial charge in [0, 0.05) is 30.6 Å². The van der Waals surface area contributed by atoms with E-state index in [0.717, 1.165) is 5.82 Å². The second kappa shape index (κ2) is 8.65. The molecule has 0 aliphatic carbocycles. The third-order valence-corrected chi connectivity index (χ3v) is 5.16. The Kier molecular flexibility index (Phi) is 6.97. The molecule has 1 N–H and O–H groups in total. The SMILES string of the molecule is COCCO[C@@H]1[C@H](C)[C@@H](/C(F)=C/P(C)(C)=O)O[C@H]1n1cc(C)c(=O)[nH]c1=O. The molecular formula is C17H26FN2O6P. The lowest BCUT2D eigenvalue weighted by Crippen LogP contribution is -2.38. The number of nitrogens with zero attached hydrogens (tertiary/aromatic N) is 1. The van der Waals surface area contributed by atoms with Crippen molar-refractivity contribution in [3.63, 3.8) is 0 Å². The van der Waals surface area contributed by atoms with Crippen LogP contribution in [0, 0.1) is 12.8 Å². The zero-order chi connectivity index (χ0) is 20.4. The first-order chi connectivity index (χ1) is 12.5. The molecule has 8 nitrogen and oxygen atoms in total. The summed E-state index contributed by atoms with van der Waals surface area (Å²) in [5, 5.41) is 0. The molecule has 0 bridgehead atoms. The van der Waals surface area contributed by atoms with Gasteiger partial charge in [-0.05, 0) is 20.3 Å². The van der Waals surface area contributed by atoms with Gasteiger partial charge in [0.25, 0.3) is 5.56 Å². The minimum atomic E-state index is -2.76. The first-order valence-electron chi connectivity index (χ1n) is 8.56. The molecule has 2 heterocycles. The van der Waals surface area contributed by atoms with Crippen molar-refractivity contribution in [2.75, 3.05) is 33.7 Å². The van der Waals surface area contributed by atoms with E-state index in [0.29, 0.717) is 12.2 Å². The number of hydrogen-bond acceptors (Lipinski definition) is 6. The summed E-state index contributed by atoms with van der Waals surface area (Å²) in [5.41, 5.74) is -0.864. The summed E-state index contributed by atoms with van der Waals surface area (Å²) in [6.07, 6.45) is -1.27. The van der Waals surface area contributed by atoms with Crippen molar-refractivity contribution in [1.82, 2.24) is 9.55 Å². The molecule has 0 radical (unpaired) electrons. The molecule has 4 atom stereocenters. The van der Waals surface area contributed by atoms with Crippen LogP contribution in [-0.4, -0.2) is 55.4 Å². The maximum absolute atomic E-state index is 14.7. The molecule has 1 aliphatic heterocycles. The van der Waals surface area contributed by atoms with Crippen LogP contribution >= 0.6 is 7.14 Å². The molecule has 27 heavy (non-hydrogen) atoms. The number of nitrogens with one attached hydrogen (secondary N) is 1. The van der Waals surface area contributed by atoms with E-state index in [4.69, 9.17) is 14.2 Å². The van der Waals surface area contributed by atoms with Gasteiger partial charge in [-0.25, -0.2) is 9.18 Å². The molecular weight excluding hydrogens is 378 g/mol. The van der Waals surface area contributed by atoms with Gasteiger partial charge in [-0.3, -0.25) is 14.3 Å². The van der Waals surface area contributed by atoms with Crippen LogP contribution in [-0.2, 0) is 18.8 Å². The van der Waals surface area contributed by atoms with Gasteiger partial charge >= 0.3 is 5.69 Å². The zero-order valence-electron chi connectivity index (χ0n) is 16.1. The predicted octanol–water partition coefficient (Wildman–Crippen LogP) is 1.84. The fraction of sp³-hybridized carbons (Fsp3) is 0.647. The fourth-order valence-electron chi connectivity index (χ4n) is 2.97. The summed E-state index contributed by atoms with van der Waals surface area (Å²) in [4.78, 5) is 26.1. The summed E-state index contributed by atoms with van der Waals surface area (Å²) in [6.45, 7) is 6.72. The molecule has 152 valence electrons. The smallest absolute Gasteiger partial charge is 0.330 e. The van der Waals surface area contributed by atoms with Crippen molar-refractivity contribution in [2.24, 2.45) is 5.92 Å². The van der Waals surface area contributed by atoms with E-state index in [1.54, 1.807) is 13.8 Å². The third kappa shape index (κ3) is 5.25. The number of H-pyrrole nitrogens is 1. The minimum Gasteiger partial charge on any atom is -0.382 e. The van der Waals surface area contributed by atoms with Crippen LogP contribution in [0.4, 0.5) is 4.39 Å². The molecule has 0 aromatic carbocycles. The van der Waals surface area contributed by atoms with Crippen LogP contribution in [0.25, 0.3) is 0 Å². The number of methoxy groups -OCH3 is 1. The van der Waals surface area contributed by atoms with Crippen molar-refractivity contribution in [2.45, 2.75) is 32.3 Å². The van der Waals surface area contributed by atoms with Gasteiger partial charge < -0.3 is 18.8 Å². The van der Waals surface area contributed by atoms with Crippen LogP contribution in [0.1, 0.15) is 18.7 Å².